The lowest BCUT2D eigenvalue weighted by molar-refractivity contribution is 0.622. The minimum absolute atomic E-state index is 0.218. The average molecular weight is 193 g/mol. The summed E-state index contributed by atoms with van der Waals surface area (Å²) in [7, 11) is 1.80. The fraction of sp³-hybridized carbons (Fsp3) is 0.300. The lowest BCUT2D eigenvalue weighted by Crippen LogP contribution is -2.00. The summed E-state index contributed by atoms with van der Waals surface area (Å²) in [6.45, 7) is 2.02. The van der Waals surface area contributed by atoms with E-state index in [1.165, 1.54) is 0 Å². The molecule has 0 fully saturated rings. The van der Waals surface area contributed by atoms with E-state index in [9.17, 15) is 4.39 Å². The topological polar surface area (TPSA) is 43.8 Å². The summed E-state index contributed by atoms with van der Waals surface area (Å²) in [5.41, 5.74) is 7.47. The maximum absolute atomic E-state index is 13.8. The highest BCUT2D eigenvalue weighted by atomic mass is 19.1. The van der Waals surface area contributed by atoms with E-state index in [1.807, 2.05) is 6.07 Å². The van der Waals surface area contributed by atoms with E-state index in [4.69, 9.17) is 5.73 Å². The van der Waals surface area contributed by atoms with Crippen LogP contribution in [-0.2, 0) is 13.6 Å². The minimum Gasteiger partial charge on any atom is -0.326 e. The quantitative estimate of drug-likeness (QED) is 0.745. The number of nitrogens with zero attached hydrogens (tertiary/aromatic N) is 2. The van der Waals surface area contributed by atoms with E-state index in [0.29, 0.717) is 16.6 Å². The summed E-state index contributed by atoms with van der Waals surface area (Å²) in [5.74, 6) is -0.240. The van der Waals surface area contributed by atoms with Crippen molar-refractivity contribution in [2.45, 2.75) is 13.5 Å². The summed E-state index contributed by atoms with van der Waals surface area (Å²) in [6.07, 6.45) is 0. The SMILES string of the molecule is Cc1nn(C)c2ccc(CN)c(F)c12. The van der Waals surface area contributed by atoms with E-state index >= 15 is 0 Å². The van der Waals surface area contributed by atoms with E-state index in [-0.39, 0.29) is 12.4 Å². The number of aromatic nitrogens is 2. The number of hydrogen-bond acceptors (Lipinski definition) is 2. The van der Waals surface area contributed by atoms with Gasteiger partial charge in [-0.2, -0.15) is 5.10 Å². The summed E-state index contributed by atoms with van der Waals surface area (Å²) < 4.78 is 15.5. The number of rotatable bonds is 1. The van der Waals surface area contributed by atoms with Crippen molar-refractivity contribution < 1.29 is 4.39 Å². The zero-order valence-corrected chi connectivity index (χ0v) is 8.21. The molecule has 2 rings (SSSR count). The van der Waals surface area contributed by atoms with Crippen LogP contribution in [0.25, 0.3) is 10.9 Å². The maximum atomic E-state index is 13.8. The zero-order chi connectivity index (χ0) is 10.3. The van der Waals surface area contributed by atoms with Gasteiger partial charge in [-0.3, -0.25) is 4.68 Å². The molecule has 0 amide bonds. The molecule has 0 aliphatic heterocycles. The standard InChI is InChI=1S/C10H12FN3/c1-6-9-8(14(2)13-6)4-3-7(5-12)10(9)11/h3-4H,5,12H2,1-2H3. The van der Waals surface area contributed by atoms with Crippen LogP contribution in [0.2, 0.25) is 0 Å². The zero-order valence-electron chi connectivity index (χ0n) is 8.21. The Morgan fingerprint density at radius 2 is 2.21 bits per heavy atom. The van der Waals surface area contributed by atoms with Crippen molar-refractivity contribution in [1.29, 1.82) is 0 Å². The summed E-state index contributed by atoms with van der Waals surface area (Å²) >= 11 is 0. The van der Waals surface area contributed by atoms with Gasteiger partial charge in [0, 0.05) is 19.2 Å². The first-order valence-corrected chi connectivity index (χ1v) is 4.46. The lowest BCUT2D eigenvalue weighted by Gasteiger charge is -2.01. The summed E-state index contributed by atoms with van der Waals surface area (Å²) in [5, 5.41) is 4.74. The Labute approximate surface area is 81.3 Å². The van der Waals surface area contributed by atoms with Crippen molar-refractivity contribution >= 4 is 10.9 Å². The van der Waals surface area contributed by atoms with Crippen molar-refractivity contribution in [3.05, 3.63) is 29.2 Å². The number of fused-ring (bicyclic) bond motifs is 1. The van der Waals surface area contributed by atoms with Crippen molar-refractivity contribution in [3.8, 4) is 0 Å². The van der Waals surface area contributed by atoms with Gasteiger partial charge < -0.3 is 5.73 Å². The summed E-state index contributed by atoms with van der Waals surface area (Å²) in [4.78, 5) is 0. The first kappa shape index (κ1) is 9.15. The first-order chi connectivity index (χ1) is 6.65. The van der Waals surface area contributed by atoms with Crippen LogP contribution in [0.1, 0.15) is 11.3 Å². The third kappa shape index (κ3) is 1.11. The van der Waals surface area contributed by atoms with Crippen LogP contribution in [0.15, 0.2) is 12.1 Å². The Morgan fingerprint density at radius 3 is 2.86 bits per heavy atom. The van der Waals surface area contributed by atoms with Crippen LogP contribution in [0.4, 0.5) is 4.39 Å². The average Bonchev–Trinajstić information content (AvgIpc) is 2.44. The predicted octanol–water partition coefficient (Wildman–Crippen LogP) is 1.48. The van der Waals surface area contributed by atoms with Crippen molar-refractivity contribution in [2.24, 2.45) is 12.8 Å². The fourth-order valence-electron chi connectivity index (χ4n) is 1.71. The van der Waals surface area contributed by atoms with E-state index in [1.54, 1.807) is 24.7 Å². The summed E-state index contributed by atoms with van der Waals surface area (Å²) in [6, 6.07) is 3.55. The van der Waals surface area contributed by atoms with E-state index < -0.39 is 0 Å². The van der Waals surface area contributed by atoms with E-state index in [2.05, 4.69) is 5.10 Å². The van der Waals surface area contributed by atoms with Crippen LogP contribution in [-0.4, -0.2) is 9.78 Å². The molecule has 0 saturated heterocycles. The van der Waals surface area contributed by atoms with Gasteiger partial charge in [0.25, 0.3) is 0 Å². The van der Waals surface area contributed by atoms with Crippen LogP contribution >= 0.6 is 0 Å². The molecule has 1 heterocycles. The Morgan fingerprint density at radius 1 is 1.50 bits per heavy atom. The Hall–Kier alpha value is -1.42. The molecule has 1 aromatic heterocycles. The van der Waals surface area contributed by atoms with Crippen LogP contribution in [0.5, 0.6) is 0 Å². The molecule has 74 valence electrons. The molecule has 2 N–H and O–H groups in total. The molecular weight excluding hydrogens is 181 g/mol. The molecule has 0 saturated carbocycles. The van der Waals surface area contributed by atoms with Crippen LogP contribution in [0.3, 0.4) is 0 Å². The molecule has 2 aromatic rings. The molecule has 0 bridgehead atoms. The number of benzene rings is 1. The van der Waals surface area contributed by atoms with Crippen LogP contribution in [0, 0.1) is 12.7 Å². The number of halogens is 1. The second-order valence-corrected chi connectivity index (χ2v) is 3.35. The second kappa shape index (κ2) is 3.06. The molecule has 0 aliphatic carbocycles. The van der Waals surface area contributed by atoms with Gasteiger partial charge in [0.15, 0.2) is 0 Å². The lowest BCUT2D eigenvalue weighted by atomic mass is 10.1. The Bertz CT molecular complexity index is 488. The number of aryl methyl sites for hydroxylation is 2. The van der Waals surface area contributed by atoms with E-state index in [0.717, 1.165) is 5.52 Å². The molecule has 1 aromatic carbocycles. The van der Waals surface area contributed by atoms with Crippen molar-refractivity contribution in [2.75, 3.05) is 0 Å². The van der Waals surface area contributed by atoms with Gasteiger partial charge in [0.1, 0.15) is 5.82 Å². The highest BCUT2D eigenvalue weighted by molar-refractivity contribution is 5.83. The third-order valence-electron chi connectivity index (χ3n) is 2.43. The van der Waals surface area contributed by atoms with Crippen molar-refractivity contribution in [3.63, 3.8) is 0 Å². The highest BCUT2D eigenvalue weighted by Crippen LogP contribution is 2.23. The molecule has 3 nitrogen and oxygen atoms in total. The van der Waals surface area contributed by atoms with Crippen molar-refractivity contribution in [1.82, 2.24) is 9.78 Å². The Kier molecular flexibility index (Phi) is 2.00. The molecule has 0 unspecified atom stereocenters. The van der Waals surface area contributed by atoms with Gasteiger partial charge in [-0.25, -0.2) is 4.39 Å². The smallest absolute Gasteiger partial charge is 0.138 e. The number of hydrogen-bond donors (Lipinski definition) is 1. The molecule has 0 radical (unpaired) electrons. The third-order valence-corrected chi connectivity index (χ3v) is 2.43. The second-order valence-electron chi connectivity index (χ2n) is 3.35. The Balaban J connectivity index is 2.87. The monoisotopic (exact) mass is 193 g/mol. The van der Waals surface area contributed by atoms with Gasteiger partial charge >= 0.3 is 0 Å². The molecular formula is C10H12FN3. The molecule has 0 spiro atoms. The van der Waals surface area contributed by atoms with Gasteiger partial charge in [-0.15, -0.1) is 0 Å². The van der Waals surface area contributed by atoms with Gasteiger partial charge in [0.2, 0.25) is 0 Å². The normalized spacial score (nSPS) is 11.1. The molecule has 14 heavy (non-hydrogen) atoms. The van der Waals surface area contributed by atoms with Gasteiger partial charge in [0.05, 0.1) is 16.6 Å². The first-order valence-electron chi connectivity index (χ1n) is 4.46. The minimum atomic E-state index is -0.240. The largest absolute Gasteiger partial charge is 0.326 e. The molecule has 0 aliphatic rings. The van der Waals surface area contributed by atoms with Crippen LogP contribution < -0.4 is 5.73 Å². The fourth-order valence-corrected chi connectivity index (χ4v) is 1.71. The highest BCUT2D eigenvalue weighted by Gasteiger charge is 2.12. The van der Waals surface area contributed by atoms with Gasteiger partial charge in [-0.1, -0.05) is 6.07 Å². The maximum Gasteiger partial charge on any atom is 0.138 e. The number of nitrogens with two attached hydrogens (primary N) is 1. The van der Waals surface area contributed by atoms with Gasteiger partial charge in [-0.05, 0) is 13.0 Å². The predicted molar refractivity (Wildman–Crippen MR) is 53.3 cm³/mol. The molecule has 4 heteroatoms. The molecule has 0 atom stereocenters.